The molecule has 31 heavy (non-hydrogen) atoms. The first-order valence-electron chi connectivity index (χ1n) is 9.80. The number of esters is 1. The van der Waals surface area contributed by atoms with Crippen molar-refractivity contribution in [1.29, 1.82) is 0 Å². The second-order valence-electron chi connectivity index (χ2n) is 6.93. The van der Waals surface area contributed by atoms with Crippen molar-refractivity contribution in [2.24, 2.45) is 0 Å². The molecule has 1 N–H and O–H groups in total. The summed E-state index contributed by atoms with van der Waals surface area (Å²) in [4.78, 5) is 34.4. The summed E-state index contributed by atoms with van der Waals surface area (Å²) < 4.78 is 10.5. The van der Waals surface area contributed by atoms with Gasteiger partial charge in [0, 0.05) is 29.4 Å². The first kappa shape index (κ1) is 20.2. The van der Waals surface area contributed by atoms with Gasteiger partial charge < -0.3 is 14.6 Å². The number of benzene rings is 1. The van der Waals surface area contributed by atoms with Gasteiger partial charge in [0.05, 0.1) is 16.8 Å². The standard InChI is InChI=1S/C23H20N4O4/c1-3-20(22(28)26-21-11-14(2)31-27-21)30-23(29)17-12-19(15-7-6-10-24-13-15)25-18-9-5-4-8-16(17)18/h4-13,20H,3H2,1-2H3,(H,26,27,28). The highest BCUT2D eigenvalue weighted by molar-refractivity contribution is 6.06. The third-order valence-corrected chi connectivity index (χ3v) is 4.69. The Morgan fingerprint density at radius 3 is 2.71 bits per heavy atom. The van der Waals surface area contributed by atoms with E-state index in [-0.39, 0.29) is 5.82 Å². The number of rotatable bonds is 6. The number of hydrogen-bond donors (Lipinski definition) is 1. The van der Waals surface area contributed by atoms with E-state index < -0.39 is 18.0 Å². The molecular weight excluding hydrogens is 396 g/mol. The molecular formula is C23H20N4O4. The van der Waals surface area contributed by atoms with Crippen molar-refractivity contribution in [1.82, 2.24) is 15.1 Å². The number of anilines is 1. The van der Waals surface area contributed by atoms with Gasteiger partial charge in [-0.05, 0) is 37.6 Å². The molecule has 0 fully saturated rings. The van der Waals surface area contributed by atoms with Gasteiger partial charge >= 0.3 is 5.97 Å². The Balaban J connectivity index is 1.63. The largest absolute Gasteiger partial charge is 0.449 e. The molecule has 0 bridgehead atoms. The highest BCUT2D eigenvalue weighted by Crippen LogP contribution is 2.25. The lowest BCUT2D eigenvalue weighted by molar-refractivity contribution is -0.124. The van der Waals surface area contributed by atoms with E-state index in [4.69, 9.17) is 9.26 Å². The van der Waals surface area contributed by atoms with E-state index in [0.29, 0.717) is 34.3 Å². The number of fused-ring (bicyclic) bond motifs is 1. The van der Waals surface area contributed by atoms with Crippen LogP contribution in [-0.4, -0.2) is 33.1 Å². The fourth-order valence-corrected chi connectivity index (χ4v) is 3.15. The lowest BCUT2D eigenvalue weighted by atomic mass is 10.0. The molecule has 1 aromatic carbocycles. The van der Waals surface area contributed by atoms with Crippen LogP contribution < -0.4 is 5.32 Å². The minimum atomic E-state index is -0.988. The van der Waals surface area contributed by atoms with Crippen LogP contribution in [0.4, 0.5) is 5.82 Å². The number of carbonyl (C=O) groups excluding carboxylic acids is 2. The van der Waals surface area contributed by atoms with Gasteiger partial charge in [0.2, 0.25) is 0 Å². The minimum absolute atomic E-state index is 0.269. The lowest BCUT2D eigenvalue weighted by Gasteiger charge is -2.16. The normalized spacial score (nSPS) is 11.8. The number of aromatic nitrogens is 3. The Morgan fingerprint density at radius 2 is 2.00 bits per heavy atom. The fraction of sp³-hybridized carbons (Fsp3) is 0.174. The van der Waals surface area contributed by atoms with Crippen LogP contribution in [0, 0.1) is 6.92 Å². The van der Waals surface area contributed by atoms with Crippen LogP contribution >= 0.6 is 0 Å². The number of pyridine rings is 2. The van der Waals surface area contributed by atoms with E-state index in [1.165, 1.54) is 0 Å². The summed E-state index contributed by atoms with van der Waals surface area (Å²) in [6.45, 7) is 3.48. The average Bonchev–Trinajstić information content (AvgIpc) is 3.21. The summed E-state index contributed by atoms with van der Waals surface area (Å²) in [6.07, 6.45) is 2.65. The molecule has 8 nitrogen and oxygen atoms in total. The molecule has 0 saturated carbocycles. The van der Waals surface area contributed by atoms with Crippen molar-refractivity contribution in [3.8, 4) is 11.3 Å². The SMILES string of the molecule is CCC(OC(=O)c1cc(-c2cccnc2)nc2ccccc12)C(=O)Nc1cc(C)on1. The van der Waals surface area contributed by atoms with Gasteiger partial charge in [-0.15, -0.1) is 0 Å². The Morgan fingerprint density at radius 1 is 1.16 bits per heavy atom. The van der Waals surface area contributed by atoms with Gasteiger partial charge in [0.1, 0.15) is 5.76 Å². The van der Waals surface area contributed by atoms with Crippen molar-refractivity contribution in [2.45, 2.75) is 26.4 Å². The Labute approximate surface area is 178 Å². The van der Waals surface area contributed by atoms with Gasteiger partial charge in [0.15, 0.2) is 11.9 Å². The maximum absolute atomic E-state index is 13.1. The molecule has 0 spiro atoms. The number of nitrogens with one attached hydrogen (secondary N) is 1. The van der Waals surface area contributed by atoms with E-state index in [9.17, 15) is 9.59 Å². The van der Waals surface area contributed by atoms with Crippen molar-refractivity contribution in [2.75, 3.05) is 5.32 Å². The number of amides is 1. The van der Waals surface area contributed by atoms with E-state index >= 15 is 0 Å². The van der Waals surface area contributed by atoms with Gasteiger partial charge in [-0.25, -0.2) is 9.78 Å². The smallest absolute Gasteiger partial charge is 0.339 e. The van der Waals surface area contributed by atoms with Crippen LogP contribution in [0.25, 0.3) is 22.2 Å². The average molecular weight is 416 g/mol. The monoisotopic (exact) mass is 416 g/mol. The maximum atomic E-state index is 13.1. The molecule has 1 atom stereocenters. The molecule has 0 aliphatic rings. The van der Waals surface area contributed by atoms with Crippen LogP contribution in [0.5, 0.6) is 0 Å². The maximum Gasteiger partial charge on any atom is 0.339 e. The zero-order valence-electron chi connectivity index (χ0n) is 17.0. The van der Waals surface area contributed by atoms with Crippen LogP contribution in [0.2, 0.25) is 0 Å². The van der Waals surface area contributed by atoms with Crippen molar-refractivity contribution in [3.05, 3.63) is 72.2 Å². The van der Waals surface area contributed by atoms with E-state index in [1.54, 1.807) is 50.5 Å². The Kier molecular flexibility index (Phi) is 5.70. The number of carbonyl (C=O) groups is 2. The molecule has 156 valence electrons. The molecule has 0 aliphatic heterocycles. The van der Waals surface area contributed by atoms with Crippen LogP contribution in [-0.2, 0) is 9.53 Å². The zero-order chi connectivity index (χ0) is 21.8. The quantitative estimate of drug-likeness (QED) is 0.470. The van der Waals surface area contributed by atoms with Crippen molar-refractivity contribution < 1.29 is 18.8 Å². The molecule has 4 rings (SSSR count). The molecule has 3 aromatic heterocycles. The number of hydrogen-bond acceptors (Lipinski definition) is 7. The summed E-state index contributed by atoms with van der Waals surface area (Å²) in [5.74, 6) is -0.256. The van der Waals surface area contributed by atoms with Gasteiger partial charge in [0.25, 0.3) is 5.91 Å². The predicted octanol–water partition coefficient (Wildman–Crippen LogP) is 4.17. The van der Waals surface area contributed by atoms with Crippen LogP contribution in [0.3, 0.4) is 0 Å². The summed E-state index contributed by atoms with van der Waals surface area (Å²) in [5, 5.41) is 6.98. The number of aryl methyl sites for hydroxylation is 1. The molecule has 4 aromatic rings. The minimum Gasteiger partial charge on any atom is -0.449 e. The summed E-state index contributed by atoms with van der Waals surface area (Å²) >= 11 is 0. The third kappa shape index (κ3) is 4.42. The number of nitrogens with zero attached hydrogens (tertiary/aromatic N) is 3. The van der Waals surface area contributed by atoms with Gasteiger partial charge in [-0.2, -0.15) is 0 Å². The number of ether oxygens (including phenoxy) is 1. The summed E-state index contributed by atoms with van der Waals surface area (Å²) in [6, 6.07) is 14.2. The topological polar surface area (TPSA) is 107 Å². The predicted molar refractivity (Wildman–Crippen MR) is 114 cm³/mol. The first-order valence-corrected chi connectivity index (χ1v) is 9.80. The highest BCUT2D eigenvalue weighted by atomic mass is 16.5. The fourth-order valence-electron chi connectivity index (χ4n) is 3.15. The van der Waals surface area contributed by atoms with Crippen LogP contribution in [0.1, 0.15) is 29.5 Å². The zero-order valence-corrected chi connectivity index (χ0v) is 17.0. The highest BCUT2D eigenvalue weighted by Gasteiger charge is 2.24. The van der Waals surface area contributed by atoms with Crippen LogP contribution in [0.15, 0.2) is 65.4 Å². The number of para-hydroxylation sites is 1. The molecule has 1 amide bonds. The molecule has 1 unspecified atom stereocenters. The van der Waals surface area contributed by atoms with E-state index in [0.717, 1.165) is 5.56 Å². The first-order chi connectivity index (χ1) is 15.0. The second-order valence-corrected chi connectivity index (χ2v) is 6.93. The van der Waals surface area contributed by atoms with Crippen molar-refractivity contribution in [3.63, 3.8) is 0 Å². The van der Waals surface area contributed by atoms with Gasteiger partial charge in [-0.1, -0.05) is 30.3 Å². The second kappa shape index (κ2) is 8.74. The molecule has 0 radical (unpaired) electrons. The van der Waals surface area contributed by atoms with E-state index in [2.05, 4.69) is 20.4 Å². The molecule has 3 heterocycles. The van der Waals surface area contributed by atoms with Gasteiger partial charge in [-0.3, -0.25) is 9.78 Å². The molecule has 8 heteroatoms. The molecule has 0 saturated heterocycles. The summed E-state index contributed by atoms with van der Waals surface area (Å²) in [7, 11) is 0. The summed E-state index contributed by atoms with van der Waals surface area (Å²) in [5.41, 5.74) is 2.34. The van der Waals surface area contributed by atoms with Crippen molar-refractivity contribution >= 4 is 28.6 Å². The Hall–Kier alpha value is -4.07. The molecule has 0 aliphatic carbocycles. The van der Waals surface area contributed by atoms with E-state index in [1.807, 2.05) is 24.3 Å². The lowest BCUT2D eigenvalue weighted by Crippen LogP contribution is -2.32. The Bertz CT molecular complexity index is 1240. The third-order valence-electron chi connectivity index (χ3n) is 4.69.